The highest BCUT2D eigenvalue weighted by Crippen LogP contribution is 2.43. The minimum absolute atomic E-state index is 0.137. The van der Waals surface area contributed by atoms with Crippen molar-refractivity contribution in [3.8, 4) is 0 Å². The fraction of sp³-hybridized carbons (Fsp3) is 0.625. The van der Waals surface area contributed by atoms with Gasteiger partial charge in [0.05, 0.1) is 0 Å². The topological polar surface area (TPSA) is 12.0 Å². The van der Waals surface area contributed by atoms with Gasteiger partial charge in [0.25, 0.3) is 0 Å². The van der Waals surface area contributed by atoms with E-state index in [1.54, 1.807) is 12.1 Å². The van der Waals surface area contributed by atoms with Crippen LogP contribution in [0.1, 0.15) is 57.6 Å². The molecule has 0 aromatic heterocycles. The van der Waals surface area contributed by atoms with E-state index < -0.39 is 0 Å². The highest BCUT2D eigenvalue weighted by Gasteiger charge is 2.35. The maximum Gasteiger partial charge on any atom is 0.123 e. The van der Waals surface area contributed by atoms with Crippen molar-refractivity contribution in [3.63, 3.8) is 0 Å². The number of nitrogens with one attached hydrogen (secondary N) is 1. The summed E-state index contributed by atoms with van der Waals surface area (Å²) in [5.74, 6) is -0.137. The van der Waals surface area contributed by atoms with Gasteiger partial charge in [-0.15, -0.1) is 0 Å². The predicted molar refractivity (Wildman–Crippen MR) is 74.0 cm³/mol. The van der Waals surface area contributed by atoms with E-state index in [1.807, 2.05) is 6.07 Å². The van der Waals surface area contributed by atoms with Gasteiger partial charge in [-0.3, -0.25) is 0 Å². The Morgan fingerprint density at radius 1 is 1.33 bits per heavy atom. The van der Waals surface area contributed by atoms with Gasteiger partial charge in [-0.25, -0.2) is 4.39 Å². The van der Waals surface area contributed by atoms with E-state index >= 15 is 0 Å². The lowest BCUT2D eigenvalue weighted by atomic mass is 9.67. The zero-order valence-corrected chi connectivity index (χ0v) is 11.5. The van der Waals surface area contributed by atoms with Crippen LogP contribution in [0.5, 0.6) is 0 Å². The third kappa shape index (κ3) is 2.92. The molecule has 1 aromatic rings. The first-order chi connectivity index (χ1) is 8.69. The molecule has 18 heavy (non-hydrogen) atoms. The Labute approximate surface area is 110 Å². The largest absolute Gasteiger partial charge is 0.309 e. The molecule has 0 radical (unpaired) electrons. The molecule has 0 aliphatic heterocycles. The van der Waals surface area contributed by atoms with E-state index in [9.17, 15) is 4.39 Å². The Kier molecular flexibility index (Phi) is 4.39. The Hall–Kier alpha value is -0.890. The summed E-state index contributed by atoms with van der Waals surface area (Å²) in [6.07, 6.45) is 6.31. The molecular formula is C16H24FN. The van der Waals surface area contributed by atoms with Crippen molar-refractivity contribution in [2.45, 2.75) is 52.0 Å². The number of hydrogen-bond donors (Lipinski definition) is 1. The molecule has 2 rings (SSSR count). The van der Waals surface area contributed by atoms with E-state index in [-0.39, 0.29) is 11.9 Å². The van der Waals surface area contributed by atoms with Crippen molar-refractivity contribution in [1.29, 1.82) is 0 Å². The molecule has 0 bridgehead atoms. The summed E-state index contributed by atoms with van der Waals surface area (Å²) < 4.78 is 13.3. The number of benzene rings is 1. The van der Waals surface area contributed by atoms with Crippen LogP contribution < -0.4 is 5.32 Å². The van der Waals surface area contributed by atoms with Crippen molar-refractivity contribution in [2.75, 3.05) is 6.54 Å². The van der Waals surface area contributed by atoms with Gasteiger partial charge < -0.3 is 5.32 Å². The number of hydrogen-bond acceptors (Lipinski definition) is 1. The molecule has 1 aliphatic carbocycles. The van der Waals surface area contributed by atoms with Crippen molar-refractivity contribution < 1.29 is 4.39 Å². The zero-order valence-electron chi connectivity index (χ0n) is 11.5. The molecular weight excluding hydrogens is 225 g/mol. The van der Waals surface area contributed by atoms with Gasteiger partial charge in [-0.2, -0.15) is 0 Å². The highest BCUT2D eigenvalue weighted by atomic mass is 19.1. The lowest BCUT2D eigenvalue weighted by Gasteiger charge is -2.42. The quantitative estimate of drug-likeness (QED) is 0.785. The van der Waals surface area contributed by atoms with Crippen LogP contribution in [0.3, 0.4) is 0 Å². The fourth-order valence-electron chi connectivity index (χ4n) is 2.89. The number of rotatable bonds is 6. The summed E-state index contributed by atoms with van der Waals surface area (Å²) in [4.78, 5) is 0. The zero-order chi connectivity index (χ0) is 13.0. The van der Waals surface area contributed by atoms with E-state index in [0.29, 0.717) is 5.41 Å². The molecule has 1 aliphatic rings. The molecule has 0 amide bonds. The van der Waals surface area contributed by atoms with Crippen LogP contribution in [0, 0.1) is 11.2 Å². The van der Waals surface area contributed by atoms with Crippen LogP contribution in [-0.4, -0.2) is 6.54 Å². The molecule has 1 aromatic carbocycles. The van der Waals surface area contributed by atoms with Crippen LogP contribution in [0.4, 0.5) is 4.39 Å². The number of halogens is 1. The summed E-state index contributed by atoms with van der Waals surface area (Å²) in [6, 6.07) is 7.26. The SMILES string of the molecule is CCC(NCC1(CC)CCC1)c1cccc(F)c1. The van der Waals surface area contributed by atoms with E-state index in [2.05, 4.69) is 19.2 Å². The predicted octanol–water partition coefficient (Wildman–Crippen LogP) is 4.45. The first-order valence-corrected chi connectivity index (χ1v) is 7.18. The lowest BCUT2D eigenvalue weighted by molar-refractivity contribution is 0.118. The Morgan fingerprint density at radius 3 is 2.61 bits per heavy atom. The Balaban J connectivity index is 1.97. The average Bonchev–Trinajstić information content (AvgIpc) is 2.33. The van der Waals surface area contributed by atoms with Gasteiger partial charge in [0, 0.05) is 12.6 Å². The Morgan fingerprint density at radius 2 is 2.11 bits per heavy atom. The molecule has 100 valence electrons. The molecule has 0 spiro atoms. The van der Waals surface area contributed by atoms with Gasteiger partial charge in [0.15, 0.2) is 0 Å². The standard InChI is InChI=1S/C16H24FN/c1-3-15(13-7-5-8-14(17)11-13)18-12-16(4-2)9-6-10-16/h5,7-8,11,15,18H,3-4,6,9-10,12H2,1-2H3. The van der Waals surface area contributed by atoms with Crippen LogP contribution in [-0.2, 0) is 0 Å². The normalized spacial score (nSPS) is 19.3. The molecule has 1 atom stereocenters. The molecule has 1 unspecified atom stereocenters. The maximum absolute atomic E-state index is 13.3. The van der Waals surface area contributed by atoms with Gasteiger partial charge in [0.1, 0.15) is 5.82 Å². The second-order valence-corrected chi connectivity index (χ2v) is 5.60. The summed E-state index contributed by atoms with van der Waals surface area (Å²) in [5.41, 5.74) is 1.59. The van der Waals surface area contributed by atoms with E-state index in [0.717, 1.165) is 18.5 Å². The van der Waals surface area contributed by atoms with Gasteiger partial charge in [-0.1, -0.05) is 32.4 Å². The van der Waals surface area contributed by atoms with Crippen LogP contribution in [0.15, 0.2) is 24.3 Å². The summed E-state index contributed by atoms with van der Waals surface area (Å²) in [7, 11) is 0. The fourth-order valence-corrected chi connectivity index (χ4v) is 2.89. The third-order valence-corrected chi connectivity index (χ3v) is 4.55. The highest BCUT2D eigenvalue weighted by molar-refractivity contribution is 5.20. The van der Waals surface area contributed by atoms with E-state index in [4.69, 9.17) is 0 Å². The van der Waals surface area contributed by atoms with Gasteiger partial charge >= 0.3 is 0 Å². The van der Waals surface area contributed by atoms with Crippen molar-refractivity contribution in [3.05, 3.63) is 35.6 Å². The van der Waals surface area contributed by atoms with Crippen LogP contribution in [0.25, 0.3) is 0 Å². The summed E-state index contributed by atoms with van der Waals surface area (Å²) in [5, 5.41) is 3.64. The van der Waals surface area contributed by atoms with Crippen molar-refractivity contribution >= 4 is 0 Å². The lowest BCUT2D eigenvalue weighted by Crippen LogP contribution is -2.40. The minimum Gasteiger partial charge on any atom is -0.309 e. The molecule has 1 nitrogen and oxygen atoms in total. The molecule has 1 saturated carbocycles. The second-order valence-electron chi connectivity index (χ2n) is 5.60. The smallest absolute Gasteiger partial charge is 0.123 e. The molecule has 1 fully saturated rings. The van der Waals surface area contributed by atoms with Gasteiger partial charge in [0.2, 0.25) is 0 Å². The third-order valence-electron chi connectivity index (χ3n) is 4.55. The van der Waals surface area contributed by atoms with Crippen molar-refractivity contribution in [2.24, 2.45) is 5.41 Å². The monoisotopic (exact) mass is 249 g/mol. The maximum atomic E-state index is 13.3. The van der Waals surface area contributed by atoms with Crippen LogP contribution in [0.2, 0.25) is 0 Å². The second kappa shape index (κ2) is 5.83. The van der Waals surface area contributed by atoms with Crippen molar-refractivity contribution in [1.82, 2.24) is 5.32 Å². The Bertz CT molecular complexity index is 379. The minimum atomic E-state index is -0.137. The molecule has 0 saturated heterocycles. The first kappa shape index (κ1) is 13.5. The summed E-state index contributed by atoms with van der Waals surface area (Å²) in [6.45, 7) is 5.50. The molecule has 1 N–H and O–H groups in total. The summed E-state index contributed by atoms with van der Waals surface area (Å²) >= 11 is 0. The molecule has 0 heterocycles. The molecule has 2 heteroatoms. The van der Waals surface area contributed by atoms with E-state index in [1.165, 1.54) is 31.7 Å². The van der Waals surface area contributed by atoms with Gasteiger partial charge in [-0.05, 0) is 48.8 Å². The first-order valence-electron chi connectivity index (χ1n) is 7.18. The average molecular weight is 249 g/mol. The van der Waals surface area contributed by atoms with Crippen LogP contribution >= 0.6 is 0 Å².